The number of hydrogen-bond donors (Lipinski definition) is 0. The molecule has 0 aromatic heterocycles. The Hall–Kier alpha value is -2.11. The van der Waals surface area contributed by atoms with Crippen molar-refractivity contribution in [1.29, 1.82) is 0 Å². The van der Waals surface area contributed by atoms with Gasteiger partial charge in [-0.05, 0) is 111 Å². The van der Waals surface area contributed by atoms with Crippen molar-refractivity contribution in [2.75, 3.05) is 26.2 Å². The van der Waals surface area contributed by atoms with Crippen molar-refractivity contribution in [2.24, 2.45) is 5.92 Å². The standard InChI is InChI=1S/C32H39FN2O.2ClH/c1-25-4-2-5-28(20-25)23-34-17-13-26(14-18-34)15-19-36-32-12-9-29-6-3-16-35(24-30(29)21-32)22-27-7-10-31(33)11-8-27;;/h2,4-5,7-12,20-21,26H,3,6,13-19,22-24H2,1H3;2*1H. The summed E-state index contributed by atoms with van der Waals surface area (Å²) in [6.45, 7) is 9.23. The molecule has 1 fully saturated rings. The van der Waals surface area contributed by atoms with Crippen molar-refractivity contribution >= 4 is 24.8 Å². The van der Waals surface area contributed by atoms with Gasteiger partial charge < -0.3 is 4.74 Å². The minimum Gasteiger partial charge on any atom is -0.494 e. The Balaban J connectivity index is 0.00000200. The van der Waals surface area contributed by atoms with E-state index in [0.29, 0.717) is 0 Å². The fraction of sp³-hybridized carbons (Fsp3) is 0.438. The first kappa shape index (κ1) is 30.4. The van der Waals surface area contributed by atoms with E-state index in [1.165, 1.54) is 48.2 Å². The highest BCUT2D eigenvalue weighted by molar-refractivity contribution is 5.85. The van der Waals surface area contributed by atoms with E-state index in [2.05, 4.69) is 59.2 Å². The number of ether oxygens (including phenoxy) is 1. The molecule has 6 heteroatoms. The SMILES string of the molecule is Cc1cccc(CN2CCC(CCOc3ccc4c(c3)CN(Cc3ccc(F)cc3)CCC4)CC2)c1.Cl.Cl. The summed E-state index contributed by atoms with van der Waals surface area (Å²) < 4.78 is 19.5. The fourth-order valence-electron chi connectivity index (χ4n) is 5.72. The Morgan fingerprint density at radius 2 is 1.58 bits per heavy atom. The molecule has 1 saturated heterocycles. The van der Waals surface area contributed by atoms with Crippen LogP contribution in [0.2, 0.25) is 0 Å². The number of likely N-dealkylation sites (tertiary alicyclic amines) is 1. The Morgan fingerprint density at radius 3 is 2.34 bits per heavy atom. The quantitative estimate of drug-likeness (QED) is 0.283. The molecule has 0 saturated carbocycles. The number of rotatable bonds is 8. The lowest BCUT2D eigenvalue weighted by atomic mass is 9.93. The summed E-state index contributed by atoms with van der Waals surface area (Å²) >= 11 is 0. The van der Waals surface area contributed by atoms with Crippen molar-refractivity contribution in [3.05, 3.63) is 100 Å². The van der Waals surface area contributed by atoms with Crippen LogP contribution < -0.4 is 4.74 Å². The van der Waals surface area contributed by atoms with Crippen LogP contribution in [0.5, 0.6) is 5.75 Å². The molecule has 206 valence electrons. The van der Waals surface area contributed by atoms with Gasteiger partial charge in [0.15, 0.2) is 0 Å². The maximum Gasteiger partial charge on any atom is 0.123 e. The number of benzene rings is 3. The van der Waals surface area contributed by atoms with Crippen molar-refractivity contribution < 1.29 is 9.13 Å². The highest BCUT2D eigenvalue weighted by Crippen LogP contribution is 2.26. The summed E-state index contributed by atoms with van der Waals surface area (Å²) in [6.07, 6.45) is 5.91. The predicted molar refractivity (Wildman–Crippen MR) is 159 cm³/mol. The van der Waals surface area contributed by atoms with Gasteiger partial charge in [0, 0.05) is 19.6 Å². The minimum absolute atomic E-state index is 0. The van der Waals surface area contributed by atoms with Crippen molar-refractivity contribution in [2.45, 2.75) is 58.7 Å². The number of fused-ring (bicyclic) bond motifs is 1. The number of piperidine rings is 1. The number of hydrogen-bond acceptors (Lipinski definition) is 3. The molecule has 3 aromatic carbocycles. The highest BCUT2D eigenvalue weighted by Gasteiger charge is 2.20. The lowest BCUT2D eigenvalue weighted by Crippen LogP contribution is -2.33. The van der Waals surface area contributed by atoms with Crippen LogP contribution in [-0.4, -0.2) is 36.0 Å². The summed E-state index contributed by atoms with van der Waals surface area (Å²) in [5.41, 5.74) is 6.74. The molecule has 3 aromatic rings. The summed E-state index contributed by atoms with van der Waals surface area (Å²) in [7, 11) is 0. The van der Waals surface area contributed by atoms with Crippen LogP contribution in [0.1, 0.15) is 53.5 Å². The largest absolute Gasteiger partial charge is 0.494 e. The van der Waals surface area contributed by atoms with Gasteiger partial charge in [-0.15, -0.1) is 24.8 Å². The second kappa shape index (κ2) is 14.9. The lowest BCUT2D eigenvalue weighted by molar-refractivity contribution is 0.157. The number of aryl methyl sites for hydroxylation is 2. The van der Waals surface area contributed by atoms with Gasteiger partial charge in [-0.1, -0.05) is 48.0 Å². The molecule has 3 nitrogen and oxygen atoms in total. The second-order valence-electron chi connectivity index (χ2n) is 10.7. The topological polar surface area (TPSA) is 15.7 Å². The maximum absolute atomic E-state index is 13.3. The van der Waals surface area contributed by atoms with E-state index in [1.54, 1.807) is 12.1 Å². The zero-order chi connectivity index (χ0) is 24.7. The van der Waals surface area contributed by atoms with Crippen LogP contribution in [0.4, 0.5) is 4.39 Å². The molecule has 0 aliphatic carbocycles. The van der Waals surface area contributed by atoms with Gasteiger partial charge >= 0.3 is 0 Å². The maximum atomic E-state index is 13.3. The molecule has 0 amide bonds. The second-order valence-corrected chi connectivity index (χ2v) is 10.7. The third kappa shape index (κ3) is 8.71. The molecule has 0 radical (unpaired) electrons. The predicted octanol–water partition coefficient (Wildman–Crippen LogP) is 7.61. The average molecular weight is 560 g/mol. The Morgan fingerprint density at radius 1 is 0.816 bits per heavy atom. The van der Waals surface area contributed by atoms with E-state index in [9.17, 15) is 4.39 Å². The third-order valence-electron chi connectivity index (χ3n) is 7.80. The molecule has 0 spiro atoms. The van der Waals surface area contributed by atoms with Crippen LogP contribution in [0.15, 0.2) is 66.7 Å². The first-order chi connectivity index (χ1) is 17.6. The first-order valence-corrected chi connectivity index (χ1v) is 13.6. The molecule has 2 aliphatic rings. The van der Waals surface area contributed by atoms with Crippen LogP contribution in [0, 0.1) is 18.7 Å². The van der Waals surface area contributed by atoms with Crippen LogP contribution >= 0.6 is 24.8 Å². The molecule has 38 heavy (non-hydrogen) atoms. The van der Waals surface area contributed by atoms with Crippen molar-refractivity contribution in [3.8, 4) is 5.75 Å². The summed E-state index contributed by atoms with van der Waals surface area (Å²) in [4.78, 5) is 5.06. The van der Waals surface area contributed by atoms with E-state index in [0.717, 1.165) is 69.3 Å². The summed E-state index contributed by atoms with van der Waals surface area (Å²) in [6, 6.07) is 22.5. The number of nitrogens with zero attached hydrogens (tertiary/aromatic N) is 2. The van der Waals surface area contributed by atoms with E-state index >= 15 is 0 Å². The van der Waals surface area contributed by atoms with Crippen LogP contribution in [-0.2, 0) is 26.1 Å². The van der Waals surface area contributed by atoms with E-state index < -0.39 is 0 Å². The van der Waals surface area contributed by atoms with E-state index in [-0.39, 0.29) is 30.6 Å². The lowest BCUT2D eigenvalue weighted by Gasteiger charge is -2.32. The molecular formula is C32H41Cl2FN2O. The first-order valence-electron chi connectivity index (χ1n) is 13.6. The number of halogens is 3. The molecule has 2 aliphatic heterocycles. The third-order valence-corrected chi connectivity index (χ3v) is 7.80. The fourth-order valence-corrected chi connectivity index (χ4v) is 5.72. The molecule has 5 rings (SSSR count). The molecule has 0 N–H and O–H groups in total. The summed E-state index contributed by atoms with van der Waals surface area (Å²) in [5, 5.41) is 0. The molecular weight excluding hydrogens is 518 g/mol. The van der Waals surface area contributed by atoms with Crippen LogP contribution in [0.25, 0.3) is 0 Å². The van der Waals surface area contributed by atoms with Crippen molar-refractivity contribution in [1.82, 2.24) is 9.80 Å². The normalized spacial score (nSPS) is 16.6. The Labute approximate surface area is 240 Å². The molecule has 2 heterocycles. The molecule has 0 unspecified atom stereocenters. The van der Waals surface area contributed by atoms with E-state index in [4.69, 9.17) is 4.74 Å². The minimum atomic E-state index is -0.172. The average Bonchev–Trinajstić information content (AvgIpc) is 3.08. The van der Waals surface area contributed by atoms with Gasteiger partial charge in [0.25, 0.3) is 0 Å². The van der Waals surface area contributed by atoms with Gasteiger partial charge in [-0.2, -0.15) is 0 Å². The van der Waals surface area contributed by atoms with Gasteiger partial charge in [-0.3, -0.25) is 9.80 Å². The van der Waals surface area contributed by atoms with E-state index in [1.807, 2.05) is 12.1 Å². The van der Waals surface area contributed by atoms with Gasteiger partial charge in [-0.25, -0.2) is 4.39 Å². The van der Waals surface area contributed by atoms with Gasteiger partial charge in [0.1, 0.15) is 11.6 Å². The van der Waals surface area contributed by atoms with Gasteiger partial charge in [0.05, 0.1) is 6.61 Å². The van der Waals surface area contributed by atoms with Gasteiger partial charge in [0.2, 0.25) is 0 Å². The zero-order valence-electron chi connectivity index (χ0n) is 22.4. The smallest absolute Gasteiger partial charge is 0.123 e. The molecule has 0 atom stereocenters. The van der Waals surface area contributed by atoms with Crippen molar-refractivity contribution in [3.63, 3.8) is 0 Å². The Bertz CT molecular complexity index is 1130. The Kier molecular flexibility index (Phi) is 11.9. The summed E-state index contributed by atoms with van der Waals surface area (Å²) in [5.74, 6) is 1.58. The highest BCUT2D eigenvalue weighted by atomic mass is 35.5. The van der Waals surface area contributed by atoms with Crippen LogP contribution in [0.3, 0.4) is 0 Å². The molecule has 0 bridgehead atoms. The zero-order valence-corrected chi connectivity index (χ0v) is 24.0. The monoisotopic (exact) mass is 558 g/mol.